The number of esters is 1. The van der Waals surface area contributed by atoms with Gasteiger partial charge in [0, 0.05) is 13.6 Å². The highest BCUT2D eigenvalue weighted by atomic mass is 16.5. The van der Waals surface area contributed by atoms with E-state index in [1.807, 2.05) is 6.19 Å². The number of nitriles is 1. The van der Waals surface area contributed by atoms with Crippen molar-refractivity contribution in [2.24, 2.45) is 5.92 Å². The Bertz CT molecular complexity index is 210. The molecule has 0 saturated carbocycles. The smallest absolute Gasteiger partial charge is 0.309 e. The van der Waals surface area contributed by atoms with Crippen LogP contribution in [0, 0.1) is 17.4 Å². The summed E-state index contributed by atoms with van der Waals surface area (Å²) in [5.74, 6) is -0.0952. The van der Waals surface area contributed by atoms with Gasteiger partial charge in [0.1, 0.15) is 0 Å². The first-order valence-corrected chi connectivity index (χ1v) is 4.01. The predicted octanol–water partition coefficient (Wildman–Crippen LogP) is 0.352. The minimum Gasteiger partial charge on any atom is -0.465 e. The van der Waals surface area contributed by atoms with Crippen molar-refractivity contribution >= 4 is 5.97 Å². The van der Waals surface area contributed by atoms with Crippen LogP contribution in [0.25, 0.3) is 0 Å². The molecule has 0 radical (unpaired) electrons. The quantitative estimate of drug-likeness (QED) is 0.346. The van der Waals surface area contributed by atoms with Gasteiger partial charge in [-0.05, 0) is 12.8 Å². The van der Waals surface area contributed by atoms with Crippen molar-refractivity contribution < 1.29 is 9.53 Å². The second-order valence-corrected chi connectivity index (χ2v) is 2.96. The summed E-state index contributed by atoms with van der Waals surface area (Å²) in [7, 11) is 1.71. The molecule has 0 N–H and O–H groups in total. The largest absolute Gasteiger partial charge is 0.465 e. The molecule has 4 nitrogen and oxygen atoms in total. The fraction of sp³-hybridized carbons (Fsp3) is 0.750. The van der Waals surface area contributed by atoms with E-state index >= 15 is 0 Å². The number of hydrogen-bond acceptors (Lipinski definition) is 4. The van der Waals surface area contributed by atoms with Crippen LogP contribution in [-0.2, 0) is 9.53 Å². The third kappa shape index (κ3) is 2.12. The Morgan fingerprint density at radius 3 is 3.08 bits per heavy atom. The molecule has 1 aliphatic heterocycles. The SMILES string of the molecule is CN(C#N)CCC1CCOC1=O. The van der Waals surface area contributed by atoms with Gasteiger partial charge in [-0.25, -0.2) is 0 Å². The fourth-order valence-electron chi connectivity index (χ4n) is 1.20. The van der Waals surface area contributed by atoms with Crippen molar-refractivity contribution in [3.05, 3.63) is 0 Å². The Balaban J connectivity index is 2.23. The number of carbonyl (C=O) groups excluding carboxylic acids is 1. The van der Waals surface area contributed by atoms with E-state index in [-0.39, 0.29) is 11.9 Å². The highest BCUT2D eigenvalue weighted by molar-refractivity contribution is 5.74. The Morgan fingerprint density at radius 2 is 2.58 bits per heavy atom. The molecule has 4 heteroatoms. The van der Waals surface area contributed by atoms with Gasteiger partial charge in [-0.2, -0.15) is 5.26 Å². The number of rotatable bonds is 3. The van der Waals surface area contributed by atoms with Crippen LogP contribution in [0.3, 0.4) is 0 Å². The van der Waals surface area contributed by atoms with Crippen LogP contribution in [-0.4, -0.2) is 31.1 Å². The summed E-state index contributed by atoms with van der Waals surface area (Å²) in [6.45, 7) is 1.18. The highest BCUT2D eigenvalue weighted by Crippen LogP contribution is 2.17. The second-order valence-electron chi connectivity index (χ2n) is 2.96. The first-order chi connectivity index (χ1) is 5.74. The van der Waals surface area contributed by atoms with Crippen molar-refractivity contribution in [2.75, 3.05) is 20.2 Å². The number of cyclic esters (lactones) is 1. The molecule has 1 aliphatic rings. The third-order valence-electron chi connectivity index (χ3n) is 2.03. The zero-order valence-electron chi connectivity index (χ0n) is 7.12. The molecule has 66 valence electrons. The average molecular weight is 168 g/mol. The van der Waals surface area contributed by atoms with Crippen molar-refractivity contribution in [2.45, 2.75) is 12.8 Å². The van der Waals surface area contributed by atoms with E-state index in [0.29, 0.717) is 13.2 Å². The first-order valence-electron chi connectivity index (χ1n) is 4.01. The molecule has 12 heavy (non-hydrogen) atoms. The molecule has 1 atom stereocenters. The molecule has 0 amide bonds. The monoisotopic (exact) mass is 168 g/mol. The van der Waals surface area contributed by atoms with Gasteiger partial charge in [0.05, 0.1) is 12.5 Å². The summed E-state index contributed by atoms with van der Waals surface area (Å²) < 4.78 is 4.79. The van der Waals surface area contributed by atoms with Crippen molar-refractivity contribution in [3.63, 3.8) is 0 Å². The molecule has 1 heterocycles. The highest BCUT2D eigenvalue weighted by Gasteiger charge is 2.25. The predicted molar refractivity (Wildman–Crippen MR) is 41.9 cm³/mol. The lowest BCUT2D eigenvalue weighted by Gasteiger charge is -2.09. The lowest BCUT2D eigenvalue weighted by atomic mass is 10.0. The Kier molecular flexibility index (Phi) is 2.92. The Labute approximate surface area is 71.7 Å². The lowest BCUT2D eigenvalue weighted by molar-refractivity contribution is -0.141. The van der Waals surface area contributed by atoms with Crippen molar-refractivity contribution in [3.8, 4) is 6.19 Å². The van der Waals surface area contributed by atoms with Crippen LogP contribution in [0.5, 0.6) is 0 Å². The normalized spacial score (nSPS) is 21.7. The van der Waals surface area contributed by atoms with Gasteiger partial charge in [0.25, 0.3) is 0 Å². The number of ether oxygens (including phenoxy) is 1. The number of carbonyl (C=O) groups is 1. The summed E-state index contributed by atoms with van der Waals surface area (Å²) in [4.78, 5) is 12.5. The maximum Gasteiger partial charge on any atom is 0.309 e. The van der Waals surface area contributed by atoms with Gasteiger partial charge in [-0.1, -0.05) is 0 Å². The summed E-state index contributed by atoms with van der Waals surface area (Å²) >= 11 is 0. The first kappa shape index (κ1) is 8.85. The van der Waals surface area contributed by atoms with Crippen LogP contribution in [0.15, 0.2) is 0 Å². The van der Waals surface area contributed by atoms with Gasteiger partial charge >= 0.3 is 5.97 Å². The molecule has 0 bridgehead atoms. The van der Waals surface area contributed by atoms with E-state index in [1.54, 1.807) is 7.05 Å². The lowest BCUT2D eigenvalue weighted by Crippen LogP contribution is -2.18. The number of nitrogens with zero attached hydrogens (tertiary/aromatic N) is 2. The standard InChI is InChI=1S/C8H12N2O2/c1-10(6-9)4-2-7-3-5-12-8(7)11/h7H,2-5H2,1H3. The summed E-state index contributed by atoms with van der Waals surface area (Å²) in [6, 6.07) is 0. The van der Waals surface area contributed by atoms with Crippen LogP contribution in [0.1, 0.15) is 12.8 Å². The van der Waals surface area contributed by atoms with Gasteiger partial charge in [-0.3, -0.25) is 4.79 Å². The van der Waals surface area contributed by atoms with Gasteiger partial charge < -0.3 is 9.64 Å². The van der Waals surface area contributed by atoms with Crippen LogP contribution in [0.4, 0.5) is 0 Å². The van der Waals surface area contributed by atoms with Crippen LogP contribution < -0.4 is 0 Å². The second kappa shape index (κ2) is 3.96. The van der Waals surface area contributed by atoms with E-state index in [0.717, 1.165) is 12.8 Å². The Hall–Kier alpha value is -1.24. The molecule has 0 aromatic heterocycles. The molecule has 0 aliphatic carbocycles. The summed E-state index contributed by atoms with van der Waals surface area (Å²) in [6.07, 6.45) is 3.51. The average Bonchev–Trinajstić information content (AvgIpc) is 2.47. The number of hydrogen-bond donors (Lipinski definition) is 0. The molecular formula is C8H12N2O2. The molecule has 0 spiro atoms. The van der Waals surface area contributed by atoms with Gasteiger partial charge in [-0.15, -0.1) is 0 Å². The Morgan fingerprint density at radius 1 is 1.83 bits per heavy atom. The molecular weight excluding hydrogens is 156 g/mol. The van der Waals surface area contributed by atoms with Crippen molar-refractivity contribution in [1.29, 1.82) is 5.26 Å². The molecule has 1 unspecified atom stereocenters. The molecule has 1 fully saturated rings. The summed E-state index contributed by atoms with van der Waals surface area (Å²) in [5.41, 5.74) is 0. The summed E-state index contributed by atoms with van der Waals surface area (Å²) in [5, 5.41) is 8.43. The van der Waals surface area contributed by atoms with Gasteiger partial charge in [0.15, 0.2) is 6.19 Å². The van der Waals surface area contributed by atoms with Gasteiger partial charge in [0.2, 0.25) is 0 Å². The van der Waals surface area contributed by atoms with Crippen LogP contribution >= 0.6 is 0 Å². The van der Waals surface area contributed by atoms with E-state index in [1.165, 1.54) is 4.90 Å². The van der Waals surface area contributed by atoms with Crippen LogP contribution in [0.2, 0.25) is 0 Å². The minimum absolute atomic E-state index is 0.0146. The molecule has 0 aromatic rings. The van der Waals surface area contributed by atoms with Crippen molar-refractivity contribution in [1.82, 2.24) is 4.90 Å². The maximum absolute atomic E-state index is 11.0. The molecule has 1 rings (SSSR count). The topological polar surface area (TPSA) is 53.3 Å². The van der Waals surface area contributed by atoms with E-state index in [2.05, 4.69) is 0 Å². The van der Waals surface area contributed by atoms with E-state index < -0.39 is 0 Å². The fourth-order valence-corrected chi connectivity index (χ4v) is 1.20. The maximum atomic E-state index is 11.0. The molecule has 1 saturated heterocycles. The van der Waals surface area contributed by atoms with E-state index in [4.69, 9.17) is 10.00 Å². The minimum atomic E-state index is -0.110. The van der Waals surface area contributed by atoms with E-state index in [9.17, 15) is 4.79 Å². The molecule has 0 aromatic carbocycles. The zero-order valence-corrected chi connectivity index (χ0v) is 7.12. The third-order valence-corrected chi connectivity index (χ3v) is 2.03. The zero-order chi connectivity index (χ0) is 8.97.